The smallest absolute Gasteiger partial charge is 0.126 e. The molecule has 0 atom stereocenters. The molecular weight excluding hydrogens is 230 g/mol. The fraction of sp³-hybridized carbons (Fsp3) is 0.0769. The first-order chi connectivity index (χ1) is 8.22. The van der Waals surface area contributed by atoms with Crippen LogP contribution in [0.3, 0.4) is 0 Å². The molecule has 0 unspecified atom stereocenters. The molecule has 2 aromatic heterocycles. The summed E-state index contributed by atoms with van der Waals surface area (Å²) < 4.78 is 1.15. The number of aryl methyl sites for hydroxylation is 1. The topological polar surface area (TPSA) is 51.8 Å². The highest BCUT2D eigenvalue weighted by Gasteiger charge is 2.06. The largest absolute Gasteiger partial charge is 0.399 e. The molecule has 0 amide bonds. The van der Waals surface area contributed by atoms with E-state index in [1.54, 1.807) is 11.3 Å². The van der Waals surface area contributed by atoms with Crippen molar-refractivity contribution in [2.75, 3.05) is 5.73 Å². The molecule has 2 N–H and O–H groups in total. The van der Waals surface area contributed by atoms with Crippen LogP contribution >= 0.6 is 11.3 Å². The van der Waals surface area contributed by atoms with Gasteiger partial charge in [0.25, 0.3) is 0 Å². The molecule has 0 spiro atoms. The molecule has 1 aromatic carbocycles. The predicted octanol–water partition coefficient (Wildman–Crippen LogP) is 3.25. The number of anilines is 1. The van der Waals surface area contributed by atoms with Gasteiger partial charge >= 0.3 is 0 Å². The Kier molecular flexibility index (Phi) is 2.30. The zero-order valence-corrected chi connectivity index (χ0v) is 10.2. The van der Waals surface area contributed by atoms with Crippen LogP contribution in [0, 0.1) is 6.92 Å². The van der Waals surface area contributed by atoms with Crippen molar-refractivity contribution in [3.63, 3.8) is 0 Å². The van der Waals surface area contributed by atoms with Gasteiger partial charge < -0.3 is 5.73 Å². The van der Waals surface area contributed by atoms with E-state index in [4.69, 9.17) is 5.73 Å². The number of nitrogens with two attached hydrogens (primary N) is 1. The normalized spacial score (nSPS) is 10.9. The first-order valence-corrected chi connectivity index (χ1v) is 6.12. The van der Waals surface area contributed by atoms with E-state index >= 15 is 0 Å². The SMILES string of the molecule is Cc1cncc(-c2nc3cc(N)ccc3s2)c1. The zero-order valence-electron chi connectivity index (χ0n) is 9.34. The van der Waals surface area contributed by atoms with Gasteiger partial charge in [0.15, 0.2) is 0 Å². The number of aromatic nitrogens is 2. The summed E-state index contributed by atoms with van der Waals surface area (Å²) in [6.07, 6.45) is 3.68. The molecule has 0 aliphatic heterocycles. The number of thiazole rings is 1. The molecule has 0 aliphatic rings. The first kappa shape index (κ1) is 10.2. The highest BCUT2D eigenvalue weighted by molar-refractivity contribution is 7.21. The quantitative estimate of drug-likeness (QED) is 0.665. The standard InChI is InChI=1S/C13H11N3S/c1-8-4-9(7-15-6-8)13-16-11-5-10(14)2-3-12(11)17-13/h2-7H,14H2,1H3. The third-order valence-corrected chi connectivity index (χ3v) is 3.62. The third-order valence-electron chi connectivity index (χ3n) is 2.53. The second-order valence-electron chi connectivity index (χ2n) is 4.00. The van der Waals surface area contributed by atoms with Gasteiger partial charge in [-0.15, -0.1) is 11.3 Å². The summed E-state index contributed by atoms with van der Waals surface area (Å²) in [4.78, 5) is 8.77. The van der Waals surface area contributed by atoms with E-state index in [-0.39, 0.29) is 0 Å². The van der Waals surface area contributed by atoms with E-state index in [1.807, 2.05) is 37.5 Å². The maximum Gasteiger partial charge on any atom is 0.126 e. The molecule has 0 fully saturated rings. The average molecular weight is 241 g/mol. The molecular formula is C13H11N3S. The summed E-state index contributed by atoms with van der Waals surface area (Å²) in [5.74, 6) is 0. The number of pyridine rings is 1. The molecule has 0 aliphatic carbocycles. The number of hydrogen-bond acceptors (Lipinski definition) is 4. The number of nitrogens with zero attached hydrogens (tertiary/aromatic N) is 2. The van der Waals surface area contributed by atoms with Crippen LogP contribution in [0.4, 0.5) is 5.69 Å². The Morgan fingerprint density at radius 3 is 2.88 bits per heavy atom. The van der Waals surface area contributed by atoms with Crippen LogP contribution in [0.2, 0.25) is 0 Å². The summed E-state index contributed by atoms with van der Waals surface area (Å²) in [5.41, 5.74) is 9.65. The molecule has 3 rings (SSSR count). The van der Waals surface area contributed by atoms with E-state index in [0.29, 0.717) is 0 Å². The Labute approximate surface area is 103 Å². The van der Waals surface area contributed by atoms with Crippen LogP contribution in [0.15, 0.2) is 36.7 Å². The van der Waals surface area contributed by atoms with E-state index < -0.39 is 0 Å². The van der Waals surface area contributed by atoms with Crippen molar-refractivity contribution < 1.29 is 0 Å². The first-order valence-electron chi connectivity index (χ1n) is 5.30. The number of benzene rings is 1. The highest BCUT2D eigenvalue weighted by atomic mass is 32.1. The van der Waals surface area contributed by atoms with E-state index in [1.165, 1.54) is 0 Å². The molecule has 3 nitrogen and oxygen atoms in total. The van der Waals surface area contributed by atoms with Gasteiger partial charge in [0.1, 0.15) is 5.01 Å². The Hall–Kier alpha value is -1.94. The highest BCUT2D eigenvalue weighted by Crippen LogP contribution is 2.30. The predicted molar refractivity (Wildman–Crippen MR) is 72.0 cm³/mol. The summed E-state index contributed by atoms with van der Waals surface area (Å²) in [6, 6.07) is 7.90. The number of hydrogen-bond donors (Lipinski definition) is 1. The van der Waals surface area contributed by atoms with Crippen LogP contribution in [0.25, 0.3) is 20.8 Å². The minimum absolute atomic E-state index is 0.747. The van der Waals surface area contributed by atoms with Crippen molar-refractivity contribution in [1.82, 2.24) is 9.97 Å². The molecule has 3 aromatic rings. The molecule has 0 saturated heterocycles. The van der Waals surface area contributed by atoms with E-state index in [9.17, 15) is 0 Å². The van der Waals surface area contributed by atoms with Gasteiger partial charge in [-0.1, -0.05) is 0 Å². The lowest BCUT2D eigenvalue weighted by molar-refractivity contribution is 1.26. The molecule has 0 radical (unpaired) electrons. The average Bonchev–Trinajstić information content (AvgIpc) is 2.72. The minimum atomic E-state index is 0.747. The minimum Gasteiger partial charge on any atom is -0.399 e. The number of nitrogen functional groups attached to an aromatic ring is 1. The van der Waals surface area contributed by atoms with Gasteiger partial charge in [0, 0.05) is 23.6 Å². The fourth-order valence-corrected chi connectivity index (χ4v) is 2.67. The Morgan fingerprint density at radius 2 is 2.06 bits per heavy atom. The lowest BCUT2D eigenvalue weighted by atomic mass is 10.2. The lowest BCUT2D eigenvalue weighted by Gasteiger charge is -1.95. The van der Waals surface area contributed by atoms with Crippen LogP contribution < -0.4 is 5.73 Å². The van der Waals surface area contributed by atoms with Crippen LogP contribution in [-0.2, 0) is 0 Å². The van der Waals surface area contributed by atoms with Gasteiger partial charge in [-0.2, -0.15) is 0 Å². The summed E-state index contributed by atoms with van der Waals surface area (Å²) in [6.45, 7) is 2.03. The van der Waals surface area contributed by atoms with Crippen LogP contribution in [-0.4, -0.2) is 9.97 Å². The molecule has 0 saturated carbocycles. The van der Waals surface area contributed by atoms with Crippen LogP contribution in [0.1, 0.15) is 5.56 Å². The second-order valence-corrected chi connectivity index (χ2v) is 5.03. The molecule has 0 bridgehead atoms. The third kappa shape index (κ3) is 1.87. The van der Waals surface area contributed by atoms with Gasteiger partial charge in [0.2, 0.25) is 0 Å². The van der Waals surface area contributed by atoms with Crippen molar-refractivity contribution in [2.24, 2.45) is 0 Å². The lowest BCUT2D eigenvalue weighted by Crippen LogP contribution is -1.83. The van der Waals surface area contributed by atoms with Gasteiger partial charge in [0.05, 0.1) is 10.2 Å². The van der Waals surface area contributed by atoms with Crippen LogP contribution in [0.5, 0.6) is 0 Å². The van der Waals surface area contributed by atoms with Crippen molar-refractivity contribution in [3.8, 4) is 10.6 Å². The second kappa shape index (κ2) is 3.82. The Balaban J connectivity index is 2.18. The Bertz CT molecular complexity index is 688. The van der Waals surface area contributed by atoms with Crippen molar-refractivity contribution >= 4 is 27.2 Å². The van der Waals surface area contributed by atoms with Crippen molar-refractivity contribution in [1.29, 1.82) is 0 Å². The van der Waals surface area contributed by atoms with E-state index in [0.717, 1.165) is 32.0 Å². The Morgan fingerprint density at radius 1 is 1.18 bits per heavy atom. The maximum absolute atomic E-state index is 5.75. The molecule has 17 heavy (non-hydrogen) atoms. The van der Waals surface area contributed by atoms with Gasteiger partial charge in [-0.3, -0.25) is 4.98 Å². The van der Waals surface area contributed by atoms with Gasteiger partial charge in [-0.25, -0.2) is 4.98 Å². The number of fused-ring (bicyclic) bond motifs is 1. The van der Waals surface area contributed by atoms with Crippen molar-refractivity contribution in [3.05, 3.63) is 42.2 Å². The van der Waals surface area contributed by atoms with Crippen molar-refractivity contribution in [2.45, 2.75) is 6.92 Å². The van der Waals surface area contributed by atoms with Gasteiger partial charge in [-0.05, 0) is 36.8 Å². The molecule has 2 heterocycles. The summed E-state index contributed by atoms with van der Waals surface area (Å²) in [5, 5.41) is 0.988. The van der Waals surface area contributed by atoms with E-state index in [2.05, 4.69) is 16.0 Å². The maximum atomic E-state index is 5.75. The number of rotatable bonds is 1. The molecule has 4 heteroatoms. The fourth-order valence-electron chi connectivity index (χ4n) is 1.74. The summed E-state index contributed by atoms with van der Waals surface area (Å²) >= 11 is 1.66. The zero-order chi connectivity index (χ0) is 11.8. The summed E-state index contributed by atoms with van der Waals surface area (Å²) in [7, 11) is 0. The monoisotopic (exact) mass is 241 g/mol. The molecule has 84 valence electrons.